The summed E-state index contributed by atoms with van der Waals surface area (Å²) >= 11 is 7.32. The Bertz CT molecular complexity index is 1220. The zero-order chi connectivity index (χ0) is 21.8. The Morgan fingerprint density at radius 2 is 1.90 bits per heavy atom. The molecule has 9 heteroatoms. The Morgan fingerprint density at radius 3 is 2.65 bits per heavy atom. The van der Waals surface area contributed by atoms with Crippen LogP contribution in [0.5, 0.6) is 0 Å². The summed E-state index contributed by atoms with van der Waals surface area (Å²) in [6.45, 7) is 0. The van der Waals surface area contributed by atoms with Gasteiger partial charge in [0.2, 0.25) is 5.91 Å². The highest BCUT2D eigenvalue weighted by atomic mass is 35.5. The molecule has 2 heterocycles. The van der Waals surface area contributed by atoms with Crippen LogP contribution in [0.25, 0.3) is 11.6 Å². The van der Waals surface area contributed by atoms with Gasteiger partial charge in [0, 0.05) is 23.2 Å². The Balaban J connectivity index is 1.47. The van der Waals surface area contributed by atoms with E-state index < -0.39 is 0 Å². The zero-order valence-electron chi connectivity index (χ0n) is 16.4. The maximum Gasteiger partial charge on any atom is 0.234 e. The van der Waals surface area contributed by atoms with E-state index in [1.165, 1.54) is 11.8 Å². The fourth-order valence-electron chi connectivity index (χ4n) is 2.94. The van der Waals surface area contributed by atoms with Gasteiger partial charge in [-0.2, -0.15) is 0 Å². The average Bonchev–Trinajstić information content (AvgIpc) is 3.43. The van der Waals surface area contributed by atoms with Crippen molar-refractivity contribution in [2.24, 2.45) is 7.05 Å². The number of nitrogens with one attached hydrogen (secondary N) is 1. The molecule has 0 aliphatic rings. The molecule has 31 heavy (non-hydrogen) atoms. The van der Waals surface area contributed by atoms with Crippen LogP contribution < -0.4 is 5.32 Å². The number of anilines is 1. The summed E-state index contributed by atoms with van der Waals surface area (Å²) in [5.41, 5.74) is 1.24. The Kier molecular flexibility index (Phi) is 6.20. The average molecular weight is 453 g/mol. The second-order valence-corrected chi connectivity index (χ2v) is 7.94. The molecule has 1 amide bonds. The second kappa shape index (κ2) is 9.20. The fourth-order valence-corrected chi connectivity index (χ4v) is 3.82. The Hall–Kier alpha value is -3.36. The van der Waals surface area contributed by atoms with Crippen LogP contribution in [0.4, 0.5) is 5.69 Å². The van der Waals surface area contributed by atoms with E-state index in [1.54, 1.807) is 72.5 Å². The van der Waals surface area contributed by atoms with Crippen molar-refractivity contribution in [1.82, 2.24) is 14.8 Å². The predicted octanol–water partition coefficient (Wildman–Crippen LogP) is 4.69. The van der Waals surface area contributed by atoms with Gasteiger partial charge in [0.15, 0.2) is 22.5 Å². The lowest BCUT2D eigenvalue weighted by Crippen LogP contribution is -2.17. The van der Waals surface area contributed by atoms with Gasteiger partial charge in [-0.05, 0) is 30.3 Å². The first-order valence-corrected chi connectivity index (χ1v) is 10.6. The highest BCUT2D eigenvalue weighted by Gasteiger charge is 2.18. The topological polar surface area (TPSA) is 90.0 Å². The van der Waals surface area contributed by atoms with Crippen LogP contribution in [0.15, 0.2) is 76.5 Å². The molecule has 0 bridgehead atoms. The van der Waals surface area contributed by atoms with Crippen molar-refractivity contribution >= 4 is 40.7 Å². The summed E-state index contributed by atoms with van der Waals surface area (Å²) in [6, 6.07) is 17.2. The molecule has 0 unspecified atom stereocenters. The molecule has 4 rings (SSSR count). The van der Waals surface area contributed by atoms with Crippen molar-refractivity contribution in [2.75, 3.05) is 11.1 Å². The molecular formula is C22H17ClN4O3S. The van der Waals surface area contributed by atoms with Gasteiger partial charge in [-0.1, -0.05) is 53.7 Å². The number of amides is 1. The van der Waals surface area contributed by atoms with E-state index in [-0.39, 0.29) is 17.4 Å². The van der Waals surface area contributed by atoms with Crippen molar-refractivity contribution in [3.8, 4) is 11.6 Å². The quantitative estimate of drug-likeness (QED) is 0.323. The summed E-state index contributed by atoms with van der Waals surface area (Å²) in [7, 11) is 1.80. The van der Waals surface area contributed by atoms with E-state index in [2.05, 4.69) is 15.5 Å². The van der Waals surface area contributed by atoms with Gasteiger partial charge in [0.05, 0.1) is 17.7 Å². The summed E-state index contributed by atoms with van der Waals surface area (Å²) < 4.78 is 7.10. The molecule has 0 saturated heterocycles. The minimum absolute atomic E-state index is 0.0890. The maximum atomic E-state index is 12.9. The van der Waals surface area contributed by atoms with E-state index in [9.17, 15) is 9.59 Å². The molecule has 2 aromatic heterocycles. The van der Waals surface area contributed by atoms with Gasteiger partial charge in [-0.15, -0.1) is 10.2 Å². The lowest BCUT2D eigenvalue weighted by molar-refractivity contribution is -0.113. The number of carbonyl (C=O) groups is 2. The molecule has 0 atom stereocenters. The third kappa shape index (κ3) is 4.70. The molecule has 1 N–H and O–H groups in total. The van der Waals surface area contributed by atoms with Gasteiger partial charge >= 0.3 is 0 Å². The summed E-state index contributed by atoms with van der Waals surface area (Å²) in [5, 5.41) is 12.0. The molecule has 2 aromatic carbocycles. The van der Waals surface area contributed by atoms with Crippen molar-refractivity contribution in [3.05, 3.63) is 83.1 Å². The lowest BCUT2D eigenvalue weighted by atomic mass is 10.0. The van der Waals surface area contributed by atoms with Crippen molar-refractivity contribution < 1.29 is 14.0 Å². The predicted molar refractivity (Wildman–Crippen MR) is 119 cm³/mol. The Labute approximate surface area is 187 Å². The number of hydrogen-bond donors (Lipinski definition) is 1. The Morgan fingerprint density at radius 1 is 1.10 bits per heavy atom. The number of hydrogen-bond acceptors (Lipinski definition) is 6. The number of nitrogens with zero attached hydrogens (tertiary/aromatic N) is 3. The van der Waals surface area contributed by atoms with Crippen LogP contribution in [0, 0.1) is 0 Å². The first kappa shape index (κ1) is 20.9. The van der Waals surface area contributed by atoms with Crippen LogP contribution in [0.2, 0.25) is 5.02 Å². The summed E-state index contributed by atoms with van der Waals surface area (Å²) in [5.74, 6) is 0.753. The first-order chi connectivity index (χ1) is 15.0. The van der Waals surface area contributed by atoms with Gasteiger partial charge in [-0.25, -0.2) is 0 Å². The smallest absolute Gasteiger partial charge is 0.234 e. The molecule has 0 aliphatic heterocycles. The first-order valence-electron chi connectivity index (χ1n) is 9.28. The molecule has 4 aromatic rings. The van der Waals surface area contributed by atoms with E-state index in [1.807, 2.05) is 6.07 Å². The van der Waals surface area contributed by atoms with Crippen LogP contribution in [0.3, 0.4) is 0 Å². The molecule has 0 saturated carbocycles. The molecular weight excluding hydrogens is 436 g/mol. The highest BCUT2D eigenvalue weighted by molar-refractivity contribution is 7.99. The molecule has 0 aliphatic carbocycles. The molecule has 0 spiro atoms. The molecule has 7 nitrogen and oxygen atoms in total. The molecule has 156 valence electrons. The molecule has 0 radical (unpaired) electrons. The second-order valence-electron chi connectivity index (χ2n) is 6.56. The third-order valence-electron chi connectivity index (χ3n) is 4.45. The van der Waals surface area contributed by atoms with E-state index in [4.69, 9.17) is 16.0 Å². The number of furan rings is 1. The summed E-state index contributed by atoms with van der Waals surface area (Å²) in [4.78, 5) is 25.5. The van der Waals surface area contributed by atoms with E-state index >= 15 is 0 Å². The van der Waals surface area contributed by atoms with Gasteiger partial charge in [-0.3, -0.25) is 9.59 Å². The highest BCUT2D eigenvalue weighted by Crippen LogP contribution is 2.26. The van der Waals surface area contributed by atoms with Gasteiger partial charge in [0.25, 0.3) is 0 Å². The number of thioether (sulfide) groups is 1. The molecule has 0 fully saturated rings. The fraction of sp³-hybridized carbons (Fsp3) is 0.0909. The lowest BCUT2D eigenvalue weighted by Gasteiger charge is -2.11. The number of ketones is 1. The van der Waals surface area contributed by atoms with Crippen LogP contribution in [0.1, 0.15) is 15.9 Å². The number of carbonyl (C=O) groups excluding carboxylic acids is 2. The van der Waals surface area contributed by atoms with Crippen LogP contribution in [-0.4, -0.2) is 32.2 Å². The number of benzene rings is 2. The maximum absolute atomic E-state index is 12.9. The van der Waals surface area contributed by atoms with Crippen LogP contribution >= 0.6 is 23.4 Å². The normalized spacial score (nSPS) is 10.8. The minimum atomic E-state index is -0.281. The third-order valence-corrected chi connectivity index (χ3v) is 5.70. The minimum Gasteiger partial charge on any atom is -0.461 e. The van der Waals surface area contributed by atoms with Gasteiger partial charge < -0.3 is 14.3 Å². The standard InChI is InChI=1S/C22H17ClN4O3S/c1-27-21(18-8-5-11-30-18)25-26-22(27)31-13-19(28)24-17-10-9-15(23)12-16(17)20(29)14-6-3-2-4-7-14/h2-12H,13H2,1H3,(H,24,28). The van der Waals surface area contributed by atoms with Crippen LogP contribution in [-0.2, 0) is 11.8 Å². The monoisotopic (exact) mass is 452 g/mol. The van der Waals surface area contributed by atoms with Crippen molar-refractivity contribution in [3.63, 3.8) is 0 Å². The zero-order valence-corrected chi connectivity index (χ0v) is 18.0. The van der Waals surface area contributed by atoms with E-state index in [0.717, 1.165) is 0 Å². The van der Waals surface area contributed by atoms with E-state index in [0.29, 0.717) is 38.6 Å². The summed E-state index contributed by atoms with van der Waals surface area (Å²) in [6.07, 6.45) is 1.56. The van der Waals surface area contributed by atoms with Crippen molar-refractivity contribution in [2.45, 2.75) is 5.16 Å². The largest absolute Gasteiger partial charge is 0.461 e. The van der Waals surface area contributed by atoms with Gasteiger partial charge in [0.1, 0.15) is 0 Å². The number of rotatable bonds is 7. The number of aromatic nitrogens is 3. The van der Waals surface area contributed by atoms with Crippen molar-refractivity contribution in [1.29, 1.82) is 0 Å². The number of halogens is 1. The SMILES string of the molecule is Cn1c(SCC(=O)Nc2ccc(Cl)cc2C(=O)c2ccccc2)nnc1-c1ccco1.